The second kappa shape index (κ2) is 7.69. The van der Waals surface area contributed by atoms with Crippen molar-refractivity contribution in [1.82, 2.24) is 14.9 Å². The molecular formula is C19H19N3O4. The summed E-state index contributed by atoms with van der Waals surface area (Å²) in [5.74, 6) is 0.576. The average Bonchev–Trinajstić information content (AvgIpc) is 2.65. The lowest BCUT2D eigenvalue weighted by atomic mass is 10.1. The highest BCUT2D eigenvalue weighted by molar-refractivity contribution is 5.78. The van der Waals surface area contributed by atoms with Crippen molar-refractivity contribution in [2.45, 2.75) is 13.0 Å². The predicted molar refractivity (Wildman–Crippen MR) is 98.5 cm³/mol. The van der Waals surface area contributed by atoms with E-state index in [2.05, 4.69) is 10.3 Å². The van der Waals surface area contributed by atoms with Gasteiger partial charge in [-0.25, -0.2) is 0 Å². The molecule has 0 saturated heterocycles. The van der Waals surface area contributed by atoms with Gasteiger partial charge < -0.3 is 19.6 Å². The molecule has 1 heterocycles. The summed E-state index contributed by atoms with van der Waals surface area (Å²) in [7, 11) is 1.59. The van der Waals surface area contributed by atoms with E-state index in [4.69, 9.17) is 4.74 Å². The highest BCUT2D eigenvalue weighted by atomic mass is 16.5. The van der Waals surface area contributed by atoms with Gasteiger partial charge in [0, 0.05) is 13.1 Å². The maximum absolute atomic E-state index is 12.1. The first-order valence-corrected chi connectivity index (χ1v) is 8.20. The number of carbonyl (C=O) groups excluding carboxylic acids is 1. The fourth-order valence-electron chi connectivity index (χ4n) is 2.74. The quantitative estimate of drug-likeness (QED) is 0.648. The van der Waals surface area contributed by atoms with Crippen molar-refractivity contribution in [3.05, 3.63) is 74.8 Å². The minimum Gasteiger partial charge on any atom is -0.497 e. The molecule has 0 fully saturated rings. The van der Waals surface area contributed by atoms with Gasteiger partial charge in [0.05, 0.1) is 24.6 Å². The van der Waals surface area contributed by atoms with E-state index in [0.29, 0.717) is 11.0 Å². The molecule has 0 bridgehead atoms. The molecular weight excluding hydrogens is 334 g/mol. The Labute approximate surface area is 149 Å². The van der Waals surface area contributed by atoms with E-state index in [9.17, 15) is 14.4 Å². The number of H-pyrrole nitrogens is 1. The lowest BCUT2D eigenvalue weighted by Crippen LogP contribution is -2.39. The van der Waals surface area contributed by atoms with E-state index in [0.717, 1.165) is 11.3 Å². The molecule has 0 spiro atoms. The standard InChI is InChI=1S/C19H19N3O4/c1-26-14-8-6-13(7-9-14)12-17(23)20-10-11-22-16-5-3-2-4-15(16)21-18(24)19(22)25/h2-9H,10-12H2,1H3,(H,20,23)(H,21,24). The number of benzene rings is 2. The number of fused-ring (bicyclic) bond motifs is 1. The minimum absolute atomic E-state index is 0.155. The summed E-state index contributed by atoms with van der Waals surface area (Å²) >= 11 is 0. The number of aromatic nitrogens is 2. The third-order valence-corrected chi connectivity index (χ3v) is 4.06. The number of aromatic amines is 1. The highest BCUT2D eigenvalue weighted by Crippen LogP contribution is 2.11. The number of hydrogen-bond acceptors (Lipinski definition) is 4. The zero-order valence-electron chi connectivity index (χ0n) is 14.3. The Kier molecular flexibility index (Phi) is 5.17. The molecule has 0 radical (unpaired) electrons. The van der Waals surface area contributed by atoms with Crippen LogP contribution < -0.4 is 21.2 Å². The van der Waals surface area contributed by atoms with Gasteiger partial charge in [-0.1, -0.05) is 24.3 Å². The van der Waals surface area contributed by atoms with Crippen LogP contribution in [0.2, 0.25) is 0 Å². The summed E-state index contributed by atoms with van der Waals surface area (Å²) in [5.41, 5.74) is 0.770. The number of para-hydroxylation sites is 2. The van der Waals surface area contributed by atoms with Gasteiger partial charge in [0.2, 0.25) is 5.91 Å². The molecule has 1 aromatic heterocycles. The van der Waals surface area contributed by atoms with Crippen LogP contribution in [-0.2, 0) is 17.8 Å². The van der Waals surface area contributed by atoms with Gasteiger partial charge in [-0.3, -0.25) is 14.4 Å². The number of amides is 1. The molecule has 0 atom stereocenters. The summed E-state index contributed by atoms with van der Waals surface area (Å²) < 4.78 is 6.46. The van der Waals surface area contributed by atoms with Crippen LogP contribution >= 0.6 is 0 Å². The molecule has 0 saturated carbocycles. The van der Waals surface area contributed by atoms with Crippen LogP contribution in [0.4, 0.5) is 0 Å². The van der Waals surface area contributed by atoms with Crippen LogP contribution in [0.25, 0.3) is 11.0 Å². The van der Waals surface area contributed by atoms with Gasteiger partial charge in [0.15, 0.2) is 0 Å². The van der Waals surface area contributed by atoms with E-state index in [1.807, 2.05) is 12.1 Å². The molecule has 7 heteroatoms. The molecule has 134 valence electrons. The fraction of sp³-hybridized carbons (Fsp3) is 0.211. The summed E-state index contributed by atoms with van der Waals surface area (Å²) in [6, 6.07) is 14.3. The topological polar surface area (TPSA) is 93.2 Å². The number of methoxy groups -OCH3 is 1. The smallest absolute Gasteiger partial charge is 0.316 e. The maximum Gasteiger partial charge on any atom is 0.316 e. The molecule has 0 aliphatic rings. The molecule has 0 aliphatic heterocycles. The van der Waals surface area contributed by atoms with E-state index in [1.54, 1.807) is 43.5 Å². The number of carbonyl (C=O) groups is 1. The average molecular weight is 353 g/mol. The molecule has 2 N–H and O–H groups in total. The number of hydrogen-bond donors (Lipinski definition) is 2. The molecule has 0 aliphatic carbocycles. The Balaban J connectivity index is 1.65. The normalized spacial score (nSPS) is 10.7. The summed E-state index contributed by atoms with van der Waals surface area (Å²) in [4.78, 5) is 38.5. The zero-order chi connectivity index (χ0) is 18.5. The Morgan fingerprint density at radius 1 is 1.12 bits per heavy atom. The molecule has 0 unspecified atom stereocenters. The summed E-state index contributed by atoms with van der Waals surface area (Å²) in [6.45, 7) is 0.472. The van der Waals surface area contributed by atoms with Crippen LogP contribution in [-0.4, -0.2) is 29.1 Å². The third-order valence-electron chi connectivity index (χ3n) is 4.06. The molecule has 26 heavy (non-hydrogen) atoms. The third kappa shape index (κ3) is 3.83. The van der Waals surface area contributed by atoms with Crippen LogP contribution in [0.15, 0.2) is 58.1 Å². The van der Waals surface area contributed by atoms with Gasteiger partial charge in [-0.15, -0.1) is 0 Å². The van der Waals surface area contributed by atoms with Gasteiger partial charge in [-0.05, 0) is 29.8 Å². The van der Waals surface area contributed by atoms with E-state index in [-0.39, 0.29) is 25.4 Å². The van der Waals surface area contributed by atoms with Crippen molar-refractivity contribution in [3.8, 4) is 5.75 Å². The number of nitrogens with one attached hydrogen (secondary N) is 2. The van der Waals surface area contributed by atoms with Crippen LogP contribution in [0, 0.1) is 0 Å². The monoisotopic (exact) mass is 353 g/mol. The first kappa shape index (κ1) is 17.5. The largest absolute Gasteiger partial charge is 0.497 e. The maximum atomic E-state index is 12.1. The second-order valence-electron chi connectivity index (χ2n) is 5.80. The lowest BCUT2D eigenvalue weighted by molar-refractivity contribution is -0.120. The Morgan fingerprint density at radius 3 is 2.58 bits per heavy atom. The van der Waals surface area contributed by atoms with Crippen LogP contribution in [0.1, 0.15) is 5.56 Å². The minimum atomic E-state index is -0.673. The predicted octanol–water partition coefficient (Wildman–Crippen LogP) is 1.06. The first-order valence-electron chi connectivity index (χ1n) is 8.20. The number of nitrogens with zero attached hydrogens (tertiary/aromatic N) is 1. The summed E-state index contributed by atoms with van der Waals surface area (Å²) in [6.07, 6.45) is 0.231. The Morgan fingerprint density at radius 2 is 1.85 bits per heavy atom. The van der Waals surface area contributed by atoms with E-state index in [1.165, 1.54) is 4.57 Å². The van der Waals surface area contributed by atoms with Crippen molar-refractivity contribution in [2.24, 2.45) is 0 Å². The van der Waals surface area contributed by atoms with Crippen molar-refractivity contribution in [1.29, 1.82) is 0 Å². The van der Waals surface area contributed by atoms with Gasteiger partial charge in [0.25, 0.3) is 0 Å². The summed E-state index contributed by atoms with van der Waals surface area (Å²) in [5, 5.41) is 2.78. The first-order chi connectivity index (χ1) is 12.6. The van der Waals surface area contributed by atoms with Crippen molar-refractivity contribution in [2.75, 3.05) is 13.7 Å². The molecule has 7 nitrogen and oxygen atoms in total. The molecule has 1 amide bonds. The van der Waals surface area contributed by atoms with Crippen LogP contribution in [0.5, 0.6) is 5.75 Å². The van der Waals surface area contributed by atoms with Crippen molar-refractivity contribution >= 4 is 16.9 Å². The number of ether oxygens (including phenoxy) is 1. The number of rotatable bonds is 6. The second-order valence-corrected chi connectivity index (χ2v) is 5.80. The molecule has 3 rings (SSSR count). The zero-order valence-corrected chi connectivity index (χ0v) is 14.3. The van der Waals surface area contributed by atoms with Crippen LogP contribution in [0.3, 0.4) is 0 Å². The van der Waals surface area contributed by atoms with E-state index >= 15 is 0 Å². The SMILES string of the molecule is COc1ccc(CC(=O)NCCn2c(=O)c(=O)[nH]c3ccccc32)cc1. The van der Waals surface area contributed by atoms with Gasteiger partial charge >= 0.3 is 11.1 Å². The van der Waals surface area contributed by atoms with Crippen molar-refractivity contribution < 1.29 is 9.53 Å². The van der Waals surface area contributed by atoms with Gasteiger partial charge in [0.1, 0.15) is 5.75 Å². The fourth-order valence-corrected chi connectivity index (χ4v) is 2.74. The Hall–Kier alpha value is -3.35. The van der Waals surface area contributed by atoms with Crippen molar-refractivity contribution in [3.63, 3.8) is 0 Å². The highest BCUT2D eigenvalue weighted by Gasteiger charge is 2.08. The molecule has 3 aromatic rings. The van der Waals surface area contributed by atoms with E-state index < -0.39 is 11.1 Å². The lowest BCUT2D eigenvalue weighted by Gasteiger charge is -2.10. The molecule has 2 aromatic carbocycles. The van der Waals surface area contributed by atoms with Gasteiger partial charge in [-0.2, -0.15) is 0 Å². The Bertz CT molecular complexity index is 1040.